The Bertz CT molecular complexity index is 1050. The molecule has 1 aliphatic carbocycles. The van der Waals surface area contributed by atoms with Crippen molar-refractivity contribution >= 4 is 22.6 Å². The Hall–Kier alpha value is -2.76. The second-order valence-electron chi connectivity index (χ2n) is 8.12. The van der Waals surface area contributed by atoms with Gasteiger partial charge >= 0.3 is 0 Å². The number of hydrogen-bond donors (Lipinski definition) is 1. The minimum Gasteiger partial charge on any atom is -0.311 e. The van der Waals surface area contributed by atoms with Crippen LogP contribution in [0.5, 0.6) is 0 Å². The van der Waals surface area contributed by atoms with Gasteiger partial charge in [-0.05, 0) is 30.7 Å². The van der Waals surface area contributed by atoms with E-state index in [-0.39, 0.29) is 11.3 Å². The van der Waals surface area contributed by atoms with Gasteiger partial charge in [0.1, 0.15) is 17.5 Å². The summed E-state index contributed by atoms with van der Waals surface area (Å²) in [6.45, 7) is 10.1. The summed E-state index contributed by atoms with van der Waals surface area (Å²) in [6, 6.07) is 3.92. The molecule has 3 heterocycles. The Morgan fingerprint density at radius 1 is 1.33 bits per heavy atom. The van der Waals surface area contributed by atoms with Crippen LogP contribution in [0.15, 0.2) is 24.5 Å². The van der Waals surface area contributed by atoms with Gasteiger partial charge in [-0.2, -0.15) is 0 Å². The first-order valence-corrected chi connectivity index (χ1v) is 9.42. The van der Waals surface area contributed by atoms with Gasteiger partial charge in [0.05, 0.1) is 5.52 Å². The SMILES string of the molecule is CCc1cn(-c2cc(C)nc(C3CC3(C)C)n2)c2cc(NC(C)=O)ncc12. The number of carbonyl (C=O) groups excluding carboxylic acids is 1. The molecule has 0 spiro atoms. The number of pyridine rings is 1. The minimum atomic E-state index is -0.133. The molecule has 0 aromatic carbocycles. The number of hydrogen-bond acceptors (Lipinski definition) is 4. The van der Waals surface area contributed by atoms with Gasteiger partial charge in [-0.25, -0.2) is 15.0 Å². The number of nitrogens with zero attached hydrogens (tertiary/aromatic N) is 4. The van der Waals surface area contributed by atoms with Gasteiger partial charge in [0.25, 0.3) is 0 Å². The summed E-state index contributed by atoms with van der Waals surface area (Å²) in [5.41, 5.74) is 3.44. The van der Waals surface area contributed by atoms with E-state index in [0.29, 0.717) is 11.7 Å². The Kier molecular flexibility index (Phi) is 4.02. The predicted molar refractivity (Wildman–Crippen MR) is 106 cm³/mol. The zero-order valence-electron chi connectivity index (χ0n) is 16.5. The van der Waals surface area contributed by atoms with Gasteiger partial charge in [-0.15, -0.1) is 0 Å². The highest BCUT2D eigenvalue weighted by atomic mass is 16.1. The third-order valence-corrected chi connectivity index (χ3v) is 5.39. The van der Waals surface area contributed by atoms with Crippen molar-refractivity contribution in [1.82, 2.24) is 19.5 Å². The smallest absolute Gasteiger partial charge is 0.222 e. The second kappa shape index (κ2) is 6.15. The molecule has 1 atom stereocenters. The van der Waals surface area contributed by atoms with E-state index in [4.69, 9.17) is 4.98 Å². The first kappa shape index (κ1) is 17.6. The summed E-state index contributed by atoms with van der Waals surface area (Å²) in [5, 5.41) is 3.85. The van der Waals surface area contributed by atoms with Crippen LogP contribution >= 0.6 is 0 Å². The van der Waals surface area contributed by atoms with Crippen molar-refractivity contribution in [2.24, 2.45) is 5.41 Å². The van der Waals surface area contributed by atoms with E-state index in [0.717, 1.165) is 41.1 Å². The van der Waals surface area contributed by atoms with Crippen molar-refractivity contribution in [3.63, 3.8) is 0 Å². The monoisotopic (exact) mass is 363 g/mol. The highest BCUT2D eigenvalue weighted by Gasteiger charge is 2.48. The van der Waals surface area contributed by atoms with Gasteiger partial charge in [0.15, 0.2) is 0 Å². The summed E-state index contributed by atoms with van der Waals surface area (Å²) >= 11 is 0. The molecule has 3 aromatic heterocycles. The van der Waals surface area contributed by atoms with Crippen LogP contribution in [-0.4, -0.2) is 25.4 Å². The molecule has 1 fully saturated rings. The average Bonchev–Trinajstić information content (AvgIpc) is 3.09. The van der Waals surface area contributed by atoms with E-state index in [2.05, 4.69) is 46.8 Å². The molecule has 1 N–H and O–H groups in total. The van der Waals surface area contributed by atoms with E-state index < -0.39 is 0 Å². The van der Waals surface area contributed by atoms with E-state index in [1.807, 2.05) is 25.3 Å². The molecule has 140 valence electrons. The lowest BCUT2D eigenvalue weighted by molar-refractivity contribution is -0.114. The molecular weight excluding hydrogens is 338 g/mol. The molecule has 6 heteroatoms. The average molecular weight is 363 g/mol. The molecule has 27 heavy (non-hydrogen) atoms. The van der Waals surface area contributed by atoms with Crippen LogP contribution in [0.4, 0.5) is 5.82 Å². The van der Waals surface area contributed by atoms with Crippen molar-refractivity contribution in [2.75, 3.05) is 5.32 Å². The Labute approximate surface area is 159 Å². The molecule has 1 unspecified atom stereocenters. The van der Waals surface area contributed by atoms with Crippen molar-refractivity contribution in [3.8, 4) is 5.82 Å². The number of nitrogens with one attached hydrogen (secondary N) is 1. The fraction of sp³-hybridized carbons (Fsp3) is 0.429. The lowest BCUT2D eigenvalue weighted by Crippen LogP contribution is -2.08. The van der Waals surface area contributed by atoms with Crippen LogP contribution in [0, 0.1) is 12.3 Å². The topological polar surface area (TPSA) is 72.7 Å². The summed E-state index contributed by atoms with van der Waals surface area (Å²) in [7, 11) is 0. The van der Waals surface area contributed by atoms with E-state index in [1.54, 1.807) is 0 Å². The van der Waals surface area contributed by atoms with Crippen molar-refractivity contribution in [3.05, 3.63) is 41.6 Å². The molecular formula is C21H25N5O. The number of rotatable bonds is 4. The van der Waals surface area contributed by atoms with Crippen molar-refractivity contribution < 1.29 is 4.79 Å². The molecule has 0 saturated heterocycles. The summed E-state index contributed by atoms with van der Waals surface area (Å²) in [4.78, 5) is 25.4. The molecule has 0 bridgehead atoms. The van der Waals surface area contributed by atoms with E-state index in [9.17, 15) is 4.79 Å². The highest BCUT2D eigenvalue weighted by molar-refractivity contribution is 5.92. The van der Waals surface area contributed by atoms with E-state index in [1.165, 1.54) is 12.5 Å². The lowest BCUT2D eigenvalue weighted by Gasteiger charge is -2.10. The third kappa shape index (κ3) is 3.20. The van der Waals surface area contributed by atoms with Crippen LogP contribution in [-0.2, 0) is 11.2 Å². The largest absolute Gasteiger partial charge is 0.311 e. The molecule has 1 amide bonds. The number of aryl methyl sites for hydroxylation is 2. The molecule has 1 aliphatic rings. The zero-order chi connectivity index (χ0) is 19.3. The second-order valence-corrected chi connectivity index (χ2v) is 8.12. The van der Waals surface area contributed by atoms with Crippen LogP contribution in [0.3, 0.4) is 0 Å². The normalized spacial score (nSPS) is 17.9. The predicted octanol–water partition coefficient (Wildman–Crippen LogP) is 4.16. The van der Waals surface area contributed by atoms with Crippen molar-refractivity contribution in [2.45, 2.75) is 53.4 Å². The molecule has 1 saturated carbocycles. The number of carbonyl (C=O) groups is 1. The van der Waals surface area contributed by atoms with Gasteiger partial charge < -0.3 is 9.88 Å². The van der Waals surface area contributed by atoms with Crippen LogP contribution < -0.4 is 5.32 Å². The molecule has 4 rings (SSSR count). The fourth-order valence-corrected chi connectivity index (χ4v) is 3.67. The number of aromatic nitrogens is 4. The van der Waals surface area contributed by atoms with Gasteiger partial charge in [-0.3, -0.25) is 4.79 Å². The van der Waals surface area contributed by atoms with Gasteiger partial charge in [-0.1, -0.05) is 20.8 Å². The molecule has 0 aliphatic heterocycles. The Morgan fingerprint density at radius 3 is 2.70 bits per heavy atom. The van der Waals surface area contributed by atoms with Crippen LogP contribution in [0.25, 0.3) is 16.7 Å². The molecule has 0 radical (unpaired) electrons. The molecule has 6 nitrogen and oxygen atoms in total. The highest BCUT2D eigenvalue weighted by Crippen LogP contribution is 2.57. The Morgan fingerprint density at radius 2 is 2.07 bits per heavy atom. The lowest BCUT2D eigenvalue weighted by atomic mass is 10.1. The quantitative estimate of drug-likeness (QED) is 0.755. The minimum absolute atomic E-state index is 0.133. The van der Waals surface area contributed by atoms with E-state index >= 15 is 0 Å². The van der Waals surface area contributed by atoms with Gasteiger partial charge in [0, 0.05) is 48.4 Å². The first-order chi connectivity index (χ1) is 12.8. The number of fused-ring (bicyclic) bond motifs is 1. The van der Waals surface area contributed by atoms with Gasteiger partial charge in [0.2, 0.25) is 5.91 Å². The van der Waals surface area contributed by atoms with Crippen LogP contribution in [0.2, 0.25) is 0 Å². The Balaban J connectivity index is 1.86. The first-order valence-electron chi connectivity index (χ1n) is 9.42. The maximum Gasteiger partial charge on any atom is 0.222 e. The maximum atomic E-state index is 11.4. The summed E-state index contributed by atoms with van der Waals surface area (Å²) < 4.78 is 2.09. The maximum absolute atomic E-state index is 11.4. The molecule has 3 aromatic rings. The van der Waals surface area contributed by atoms with Crippen LogP contribution in [0.1, 0.15) is 57.1 Å². The van der Waals surface area contributed by atoms with Crippen molar-refractivity contribution in [1.29, 1.82) is 0 Å². The fourth-order valence-electron chi connectivity index (χ4n) is 3.67. The number of amides is 1. The standard InChI is InChI=1S/C21H25N5O/c1-6-14-11-26(17-8-18(24-13(3)27)22-10-15(14)17)19-7-12(2)23-20(25-19)16-9-21(16,4)5/h7-8,10-11,16H,6,9H2,1-5H3,(H,22,24,27). The third-order valence-electron chi connectivity index (χ3n) is 5.39. The summed E-state index contributed by atoms with van der Waals surface area (Å²) in [5.74, 6) is 2.62. The summed E-state index contributed by atoms with van der Waals surface area (Å²) in [6.07, 6.45) is 5.97. The number of anilines is 1. The zero-order valence-corrected chi connectivity index (χ0v) is 16.5.